The molecule has 3 fully saturated rings. The van der Waals surface area contributed by atoms with Crippen LogP contribution in [0.5, 0.6) is 0 Å². The largest absolute Gasteiger partial charge is 0.355 e. The van der Waals surface area contributed by atoms with Gasteiger partial charge >= 0.3 is 0 Å². The Hall–Kier alpha value is -0.420. The van der Waals surface area contributed by atoms with Gasteiger partial charge in [-0.05, 0) is 25.2 Å². The van der Waals surface area contributed by atoms with E-state index in [1.54, 1.807) is 0 Å². The topological polar surface area (TPSA) is 39.7 Å². The van der Waals surface area contributed by atoms with Crippen LogP contribution >= 0.6 is 11.8 Å². The molecule has 1 aliphatic heterocycles. The highest BCUT2D eigenvalue weighted by atomic mass is 32.2. The third kappa shape index (κ3) is 3.67. The summed E-state index contributed by atoms with van der Waals surface area (Å²) in [4.78, 5) is 7.17. The van der Waals surface area contributed by atoms with E-state index in [-0.39, 0.29) is 0 Å². The van der Waals surface area contributed by atoms with E-state index in [0.717, 1.165) is 18.4 Å². The molecule has 0 amide bonds. The van der Waals surface area contributed by atoms with Gasteiger partial charge in [-0.3, -0.25) is 9.89 Å². The summed E-state index contributed by atoms with van der Waals surface area (Å²) in [7, 11) is 1.89. The van der Waals surface area contributed by atoms with Gasteiger partial charge in [0.15, 0.2) is 5.96 Å². The lowest BCUT2D eigenvalue weighted by Crippen LogP contribution is -2.57. The summed E-state index contributed by atoms with van der Waals surface area (Å²) in [6, 6.07) is 0.641. The predicted molar refractivity (Wildman–Crippen MR) is 92.2 cm³/mol. The van der Waals surface area contributed by atoms with Gasteiger partial charge < -0.3 is 10.6 Å². The van der Waals surface area contributed by atoms with Crippen LogP contribution in [0.4, 0.5) is 0 Å². The quantitative estimate of drug-likeness (QED) is 0.615. The second kappa shape index (κ2) is 6.78. The summed E-state index contributed by atoms with van der Waals surface area (Å²) in [5.41, 5.74) is 0.383. The Labute approximate surface area is 133 Å². The second-order valence-electron chi connectivity index (χ2n) is 6.92. The minimum atomic E-state index is 0.383. The molecule has 2 unspecified atom stereocenters. The van der Waals surface area contributed by atoms with E-state index >= 15 is 0 Å². The molecule has 21 heavy (non-hydrogen) atoms. The van der Waals surface area contributed by atoms with Crippen molar-refractivity contribution in [3.8, 4) is 0 Å². The third-order valence-electron chi connectivity index (χ3n) is 5.46. The van der Waals surface area contributed by atoms with Gasteiger partial charge in [-0.2, -0.15) is 11.8 Å². The van der Waals surface area contributed by atoms with E-state index in [9.17, 15) is 0 Å². The fourth-order valence-electron chi connectivity index (χ4n) is 3.82. The number of guanidine groups is 1. The molecule has 4 nitrogen and oxygen atoms in total. The average Bonchev–Trinajstić information content (AvgIpc) is 3.03. The van der Waals surface area contributed by atoms with Gasteiger partial charge in [-0.1, -0.05) is 19.8 Å². The molecular formula is C16H30N4S. The normalized spacial score (nSPS) is 33.0. The van der Waals surface area contributed by atoms with Crippen LogP contribution in [0.3, 0.4) is 0 Å². The van der Waals surface area contributed by atoms with Crippen LogP contribution in [0.25, 0.3) is 0 Å². The fraction of sp³-hybridized carbons (Fsp3) is 0.938. The zero-order valence-electron chi connectivity index (χ0n) is 13.5. The summed E-state index contributed by atoms with van der Waals surface area (Å²) in [5, 5.41) is 7.18. The van der Waals surface area contributed by atoms with Crippen LogP contribution in [0.15, 0.2) is 4.99 Å². The summed E-state index contributed by atoms with van der Waals surface area (Å²) in [6.07, 6.45) is 6.76. The number of aliphatic imine (C=N–C) groups is 1. The van der Waals surface area contributed by atoms with Crippen LogP contribution in [0.2, 0.25) is 0 Å². The highest BCUT2D eigenvalue weighted by molar-refractivity contribution is 7.99. The van der Waals surface area contributed by atoms with Gasteiger partial charge in [0.1, 0.15) is 0 Å². The van der Waals surface area contributed by atoms with Crippen LogP contribution in [-0.2, 0) is 0 Å². The van der Waals surface area contributed by atoms with E-state index in [1.165, 1.54) is 56.7 Å². The SMILES string of the molecule is CN=C(NCC1(N2CCSCC2)CCCC1)NC1CC1C. The van der Waals surface area contributed by atoms with E-state index < -0.39 is 0 Å². The lowest BCUT2D eigenvalue weighted by Gasteiger charge is -2.43. The van der Waals surface area contributed by atoms with Gasteiger partial charge in [0.25, 0.3) is 0 Å². The highest BCUT2D eigenvalue weighted by Gasteiger charge is 2.40. The molecule has 0 aromatic carbocycles. The Morgan fingerprint density at radius 2 is 1.95 bits per heavy atom. The maximum absolute atomic E-state index is 4.41. The molecule has 5 heteroatoms. The molecule has 2 saturated carbocycles. The zero-order valence-corrected chi connectivity index (χ0v) is 14.3. The minimum Gasteiger partial charge on any atom is -0.355 e. The summed E-state index contributed by atoms with van der Waals surface area (Å²) in [6.45, 7) is 5.88. The Morgan fingerprint density at radius 1 is 1.29 bits per heavy atom. The molecule has 1 saturated heterocycles. The summed E-state index contributed by atoms with van der Waals surface area (Å²) in [5.74, 6) is 4.41. The number of hydrogen-bond acceptors (Lipinski definition) is 3. The molecule has 2 N–H and O–H groups in total. The molecule has 0 aromatic rings. The molecule has 2 atom stereocenters. The molecule has 0 bridgehead atoms. The van der Waals surface area contributed by atoms with Crippen molar-refractivity contribution in [3.63, 3.8) is 0 Å². The molecule has 3 rings (SSSR count). The Morgan fingerprint density at radius 3 is 2.52 bits per heavy atom. The second-order valence-corrected chi connectivity index (χ2v) is 8.15. The van der Waals surface area contributed by atoms with Crippen LogP contribution in [0.1, 0.15) is 39.0 Å². The van der Waals surface area contributed by atoms with Crippen LogP contribution < -0.4 is 10.6 Å². The summed E-state index contributed by atoms with van der Waals surface area (Å²) >= 11 is 2.10. The van der Waals surface area contributed by atoms with Crippen LogP contribution in [0, 0.1) is 5.92 Å². The lowest BCUT2D eigenvalue weighted by atomic mass is 9.94. The van der Waals surface area contributed by atoms with Gasteiger partial charge in [0, 0.05) is 49.8 Å². The van der Waals surface area contributed by atoms with E-state index in [1.807, 2.05) is 7.05 Å². The maximum atomic E-state index is 4.41. The average molecular weight is 311 g/mol. The van der Waals surface area contributed by atoms with Crippen molar-refractivity contribution in [2.45, 2.75) is 50.6 Å². The first-order chi connectivity index (χ1) is 10.2. The first-order valence-electron chi connectivity index (χ1n) is 8.53. The van der Waals surface area contributed by atoms with Crippen molar-refractivity contribution in [1.29, 1.82) is 0 Å². The van der Waals surface area contributed by atoms with Gasteiger partial charge in [0.2, 0.25) is 0 Å². The summed E-state index contributed by atoms with van der Waals surface area (Å²) < 4.78 is 0. The third-order valence-corrected chi connectivity index (χ3v) is 6.40. The lowest BCUT2D eigenvalue weighted by molar-refractivity contribution is 0.107. The van der Waals surface area contributed by atoms with Crippen molar-refractivity contribution >= 4 is 17.7 Å². The Balaban J connectivity index is 1.56. The van der Waals surface area contributed by atoms with Gasteiger partial charge in [-0.25, -0.2) is 0 Å². The minimum absolute atomic E-state index is 0.383. The Bertz CT molecular complexity index is 372. The molecule has 3 aliphatic rings. The highest BCUT2D eigenvalue weighted by Crippen LogP contribution is 2.36. The van der Waals surface area contributed by atoms with Crippen molar-refractivity contribution < 1.29 is 0 Å². The molecular weight excluding hydrogens is 280 g/mol. The molecule has 0 spiro atoms. The molecule has 2 aliphatic carbocycles. The Kier molecular flexibility index (Phi) is 4.99. The fourth-order valence-corrected chi connectivity index (χ4v) is 4.72. The van der Waals surface area contributed by atoms with E-state index in [2.05, 4.69) is 39.2 Å². The van der Waals surface area contributed by atoms with E-state index in [0.29, 0.717) is 11.6 Å². The number of rotatable bonds is 4. The first kappa shape index (κ1) is 15.5. The standard InChI is InChI=1S/C16H30N4S/c1-13-11-14(13)19-15(17-2)18-12-16(5-3-4-6-16)20-7-9-21-10-8-20/h13-14H,3-12H2,1-2H3,(H2,17,18,19). The zero-order chi connectivity index (χ0) is 14.7. The smallest absolute Gasteiger partial charge is 0.191 e. The molecule has 120 valence electrons. The van der Waals surface area contributed by atoms with Crippen molar-refractivity contribution in [2.24, 2.45) is 10.9 Å². The van der Waals surface area contributed by atoms with Crippen LogP contribution in [-0.4, -0.2) is 60.6 Å². The van der Waals surface area contributed by atoms with Crippen molar-refractivity contribution in [1.82, 2.24) is 15.5 Å². The van der Waals surface area contributed by atoms with Gasteiger partial charge in [-0.15, -0.1) is 0 Å². The van der Waals surface area contributed by atoms with Crippen molar-refractivity contribution in [2.75, 3.05) is 38.2 Å². The number of thioether (sulfide) groups is 1. The maximum Gasteiger partial charge on any atom is 0.191 e. The molecule has 0 radical (unpaired) electrons. The van der Waals surface area contributed by atoms with Gasteiger partial charge in [0.05, 0.1) is 0 Å². The monoisotopic (exact) mass is 310 g/mol. The van der Waals surface area contributed by atoms with Crippen molar-refractivity contribution in [3.05, 3.63) is 0 Å². The van der Waals surface area contributed by atoms with E-state index in [4.69, 9.17) is 0 Å². The first-order valence-corrected chi connectivity index (χ1v) is 9.69. The molecule has 1 heterocycles. The molecule has 0 aromatic heterocycles. The predicted octanol–water partition coefficient (Wildman–Crippen LogP) is 1.92. The number of nitrogens with one attached hydrogen (secondary N) is 2. The number of hydrogen-bond donors (Lipinski definition) is 2. The number of nitrogens with zero attached hydrogens (tertiary/aromatic N) is 2.